The third-order valence-electron chi connectivity index (χ3n) is 4.11. The highest BCUT2D eigenvalue weighted by atomic mass is 35.5. The van der Waals surface area contributed by atoms with Crippen LogP contribution in [0.1, 0.15) is 44.6 Å². The highest BCUT2D eigenvalue weighted by Gasteiger charge is 2.19. The standard InChI is InChI=1S/C15H21Cl2NO/c1-2-10-3-5-13(6-4-10)18-9-11-7-12(16)8-14(17)15(11)19/h7-8,10,13,18-19H,2-6,9H2,1H3. The highest BCUT2D eigenvalue weighted by molar-refractivity contribution is 6.35. The van der Waals surface area contributed by atoms with Crippen LogP contribution < -0.4 is 5.32 Å². The van der Waals surface area contributed by atoms with Crippen molar-refractivity contribution in [2.24, 2.45) is 5.92 Å². The summed E-state index contributed by atoms with van der Waals surface area (Å²) < 4.78 is 0. The van der Waals surface area contributed by atoms with Crippen LogP contribution in [-0.2, 0) is 6.54 Å². The predicted molar refractivity (Wildman–Crippen MR) is 81.0 cm³/mol. The normalized spacial score (nSPS) is 23.5. The van der Waals surface area contributed by atoms with E-state index in [1.54, 1.807) is 12.1 Å². The molecule has 0 saturated heterocycles. The molecule has 4 heteroatoms. The number of benzene rings is 1. The largest absolute Gasteiger partial charge is 0.506 e. The lowest BCUT2D eigenvalue weighted by atomic mass is 9.84. The molecule has 0 bridgehead atoms. The Hall–Kier alpha value is -0.440. The second kappa shape index (κ2) is 6.83. The zero-order valence-corrected chi connectivity index (χ0v) is 12.8. The van der Waals surface area contributed by atoms with E-state index in [2.05, 4.69) is 12.2 Å². The van der Waals surface area contributed by atoms with Gasteiger partial charge < -0.3 is 10.4 Å². The fourth-order valence-electron chi connectivity index (χ4n) is 2.78. The van der Waals surface area contributed by atoms with Gasteiger partial charge >= 0.3 is 0 Å². The maximum atomic E-state index is 9.90. The molecule has 0 atom stereocenters. The number of halogens is 2. The molecule has 1 aromatic rings. The van der Waals surface area contributed by atoms with Crippen molar-refractivity contribution in [1.29, 1.82) is 0 Å². The molecule has 1 aliphatic carbocycles. The zero-order chi connectivity index (χ0) is 13.8. The number of hydrogen-bond acceptors (Lipinski definition) is 2. The van der Waals surface area contributed by atoms with Crippen LogP contribution in [0.25, 0.3) is 0 Å². The summed E-state index contributed by atoms with van der Waals surface area (Å²) in [7, 11) is 0. The lowest BCUT2D eigenvalue weighted by Crippen LogP contribution is -2.32. The smallest absolute Gasteiger partial charge is 0.138 e. The number of hydrogen-bond donors (Lipinski definition) is 2. The molecule has 0 aliphatic heterocycles. The summed E-state index contributed by atoms with van der Waals surface area (Å²) in [5, 5.41) is 14.3. The molecule has 1 aromatic carbocycles. The van der Waals surface area contributed by atoms with E-state index in [0.717, 1.165) is 11.5 Å². The average molecular weight is 302 g/mol. The molecular formula is C15H21Cl2NO. The molecule has 1 fully saturated rings. The van der Waals surface area contributed by atoms with Crippen molar-refractivity contribution in [2.45, 2.75) is 51.6 Å². The number of phenolic OH excluding ortho intramolecular Hbond substituents is 1. The van der Waals surface area contributed by atoms with Crippen LogP contribution in [0.2, 0.25) is 10.0 Å². The van der Waals surface area contributed by atoms with Crippen molar-refractivity contribution < 1.29 is 5.11 Å². The van der Waals surface area contributed by atoms with Gasteiger partial charge in [-0.1, -0.05) is 36.5 Å². The molecule has 0 amide bonds. The summed E-state index contributed by atoms with van der Waals surface area (Å²) in [4.78, 5) is 0. The van der Waals surface area contributed by atoms with Crippen molar-refractivity contribution in [2.75, 3.05) is 0 Å². The van der Waals surface area contributed by atoms with Crippen molar-refractivity contribution in [3.63, 3.8) is 0 Å². The van der Waals surface area contributed by atoms with Gasteiger partial charge in [0.1, 0.15) is 5.75 Å². The van der Waals surface area contributed by atoms with E-state index < -0.39 is 0 Å². The van der Waals surface area contributed by atoms with E-state index in [1.807, 2.05) is 0 Å². The molecule has 0 unspecified atom stereocenters. The molecule has 1 saturated carbocycles. The van der Waals surface area contributed by atoms with Gasteiger partial charge in [0.05, 0.1) is 5.02 Å². The summed E-state index contributed by atoms with van der Waals surface area (Å²) in [6.45, 7) is 2.89. The molecule has 0 aromatic heterocycles. The molecular weight excluding hydrogens is 281 g/mol. The van der Waals surface area contributed by atoms with Crippen LogP contribution in [0, 0.1) is 5.92 Å². The third kappa shape index (κ3) is 4.01. The van der Waals surface area contributed by atoms with Crippen molar-refractivity contribution in [3.8, 4) is 5.75 Å². The number of nitrogens with one attached hydrogen (secondary N) is 1. The van der Waals surface area contributed by atoms with Crippen molar-refractivity contribution in [1.82, 2.24) is 5.32 Å². The van der Waals surface area contributed by atoms with Crippen LogP contribution >= 0.6 is 23.2 Å². The van der Waals surface area contributed by atoms with Gasteiger partial charge in [-0.05, 0) is 43.7 Å². The Kier molecular flexibility index (Phi) is 5.37. The van der Waals surface area contributed by atoms with E-state index in [0.29, 0.717) is 22.6 Å². The first-order valence-electron chi connectivity index (χ1n) is 7.00. The van der Waals surface area contributed by atoms with E-state index in [4.69, 9.17) is 23.2 Å². The Morgan fingerprint density at radius 3 is 2.53 bits per heavy atom. The van der Waals surface area contributed by atoms with Crippen LogP contribution in [0.5, 0.6) is 5.75 Å². The summed E-state index contributed by atoms with van der Waals surface area (Å²) in [5.41, 5.74) is 0.773. The zero-order valence-electron chi connectivity index (χ0n) is 11.3. The van der Waals surface area contributed by atoms with Crippen LogP contribution in [-0.4, -0.2) is 11.1 Å². The maximum absolute atomic E-state index is 9.90. The van der Waals surface area contributed by atoms with Gasteiger partial charge in [-0.25, -0.2) is 0 Å². The Labute approximate surface area is 125 Å². The minimum atomic E-state index is 0.140. The first-order chi connectivity index (χ1) is 9.10. The number of rotatable bonds is 4. The van der Waals surface area contributed by atoms with E-state index in [9.17, 15) is 5.11 Å². The fourth-order valence-corrected chi connectivity index (χ4v) is 3.32. The van der Waals surface area contributed by atoms with Gasteiger partial charge in [-0.3, -0.25) is 0 Å². The van der Waals surface area contributed by atoms with Crippen LogP contribution in [0.3, 0.4) is 0 Å². The minimum Gasteiger partial charge on any atom is -0.506 e. The number of phenols is 1. The predicted octanol–water partition coefficient (Wildman–Crippen LogP) is 4.76. The molecule has 2 N–H and O–H groups in total. The summed E-state index contributed by atoms with van der Waals surface area (Å²) in [6.07, 6.45) is 6.32. The molecule has 106 valence electrons. The Bertz CT molecular complexity index is 428. The van der Waals surface area contributed by atoms with E-state index in [1.165, 1.54) is 32.1 Å². The first kappa shape index (κ1) is 15.0. The Morgan fingerprint density at radius 1 is 1.21 bits per heavy atom. The highest BCUT2D eigenvalue weighted by Crippen LogP contribution is 2.32. The molecule has 19 heavy (non-hydrogen) atoms. The lowest BCUT2D eigenvalue weighted by molar-refractivity contribution is 0.284. The topological polar surface area (TPSA) is 32.3 Å². The SMILES string of the molecule is CCC1CCC(NCc2cc(Cl)cc(Cl)c2O)CC1. The van der Waals surface area contributed by atoms with Crippen molar-refractivity contribution in [3.05, 3.63) is 27.7 Å². The first-order valence-corrected chi connectivity index (χ1v) is 7.76. The second-order valence-corrected chi connectivity index (χ2v) is 6.25. The lowest BCUT2D eigenvalue weighted by Gasteiger charge is -2.28. The fraction of sp³-hybridized carbons (Fsp3) is 0.600. The molecule has 2 nitrogen and oxygen atoms in total. The Morgan fingerprint density at radius 2 is 1.89 bits per heavy atom. The minimum absolute atomic E-state index is 0.140. The van der Waals surface area contributed by atoms with Crippen LogP contribution in [0.4, 0.5) is 0 Å². The third-order valence-corrected chi connectivity index (χ3v) is 4.62. The maximum Gasteiger partial charge on any atom is 0.138 e. The molecule has 2 rings (SSSR count). The van der Waals surface area contributed by atoms with E-state index in [-0.39, 0.29) is 5.75 Å². The van der Waals surface area contributed by atoms with Gasteiger partial charge in [-0.15, -0.1) is 0 Å². The monoisotopic (exact) mass is 301 g/mol. The second-order valence-electron chi connectivity index (χ2n) is 5.40. The van der Waals surface area contributed by atoms with Gasteiger partial charge in [0.25, 0.3) is 0 Å². The van der Waals surface area contributed by atoms with Crippen molar-refractivity contribution >= 4 is 23.2 Å². The van der Waals surface area contributed by atoms with Gasteiger partial charge in [0.2, 0.25) is 0 Å². The summed E-state index contributed by atoms with van der Waals surface area (Å²) >= 11 is 11.9. The summed E-state index contributed by atoms with van der Waals surface area (Å²) in [5.74, 6) is 1.04. The molecule has 1 aliphatic rings. The van der Waals surface area contributed by atoms with E-state index >= 15 is 0 Å². The Balaban J connectivity index is 1.89. The number of aromatic hydroxyl groups is 1. The average Bonchev–Trinajstić information content (AvgIpc) is 2.41. The summed E-state index contributed by atoms with van der Waals surface area (Å²) in [6, 6.07) is 3.88. The molecule has 0 spiro atoms. The van der Waals surface area contributed by atoms with Gasteiger partial charge in [0, 0.05) is 23.2 Å². The quantitative estimate of drug-likeness (QED) is 0.840. The molecule has 0 radical (unpaired) electrons. The van der Waals surface area contributed by atoms with Gasteiger partial charge in [-0.2, -0.15) is 0 Å². The van der Waals surface area contributed by atoms with Crippen LogP contribution in [0.15, 0.2) is 12.1 Å². The molecule has 0 heterocycles. The van der Waals surface area contributed by atoms with Gasteiger partial charge in [0.15, 0.2) is 0 Å².